The Morgan fingerprint density at radius 3 is 2.05 bits per heavy atom. The zero-order valence-electron chi connectivity index (χ0n) is 21.7. The third-order valence-electron chi connectivity index (χ3n) is 7.51. The summed E-state index contributed by atoms with van der Waals surface area (Å²) >= 11 is 0. The van der Waals surface area contributed by atoms with Crippen molar-refractivity contribution in [1.82, 2.24) is 5.32 Å². The van der Waals surface area contributed by atoms with Crippen LogP contribution in [0.3, 0.4) is 0 Å². The molecule has 3 aliphatic rings. The molecule has 0 aromatic heterocycles. The second kappa shape index (κ2) is 14.3. The maximum atomic E-state index is 12.6. The summed E-state index contributed by atoms with van der Waals surface area (Å²) < 4.78 is 22.5. The third kappa shape index (κ3) is 7.06. The van der Waals surface area contributed by atoms with Gasteiger partial charge in [-0.2, -0.15) is 0 Å². The van der Waals surface area contributed by atoms with Gasteiger partial charge in [-0.1, -0.05) is 0 Å². The van der Waals surface area contributed by atoms with E-state index in [9.17, 15) is 45.6 Å². The molecule has 0 spiro atoms. The van der Waals surface area contributed by atoms with E-state index in [1.165, 1.54) is 0 Å². The Labute approximate surface area is 229 Å². The minimum absolute atomic E-state index is 0.0101. The first-order chi connectivity index (χ1) is 18.9. The fourth-order valence-corrected chi connectivity index (χ4v) is 5.07. The number of amides is 1. The van der Waals surface area contributed by atoms with Gasteiger partial charge >= 0.3 is 0 Å². The summed E-state index contributed by atoms with van der Waals surface area (Å²) in [5.74, 6) is -0.845. The van der Waals surface area contributed by atoms with Crippen LogP contribution in [0.1, 0.15) is 12.8 Å². The number of hydrogen-bond acceptors (Lipinski definition) is 17. The normalized spacial score (nSPS) is 47.0. The van der Waals surface area contributed by atoms with E-state index < -0.39 is 110 Å². The van der Waals surface area contributed by atoms with E-state index in [-0.39, 0.29) is 25.9 Å². The van der Waals surface area contributed by atoms with Crippen molar-refractivity contribution < 1.29 is 64.6 Å². The van der Waals surface area contributed by atoms with Crippen LogP contribution in [0.5, 0.6) is 0 Å². The first-order valence-electron chi connectivity index (χ1n) is 13.1. The van der Waals surface area contributed by atoms with Gasteiger partial charge in [0.25, 0.3) is 0 Å². The van der Waals surface area contributed by atoms with Crippen molar-refractivity contribution in [3.8, 4) is 0 Å². The van der Waals surface area contributed by atoms with Crippen molar-refractivity contribution in [2.24, 2.45) is 22.9 Å². The minimum Gasteiger partial charge on any atom is -0.394 e. The largest absolute Gasteiger partial charge is 0.394 e. The van der Waals surface area contributed by atoms with Crippen molar-refractivity contribution >= 4 is 5.91 Å². The summed E-state index contributed by atoms with van der Waals surface area (Å²) in [6.07, 6.45) is -19.8. The number of aliphatic hydroxyl groups is 8. The molecule has 1 amide bonds. The van der Waals surface area contributed by atoms with Crippen molar-refractivity contribution in [3.05, 3.63) is 0 Å². The predicted octanol–water partition coefficient (Wildman–Crippen LogP) is -8.42. The quantitative estimate of drug-likeness (QED) is 0.113. The SMILES string of the molecule is NCC[C@@H](O)C(=O)NC1C[C@H](N)C(O[C@@H]2OC(CN)[C@H](O)C(O)C2O)C(O)[C@@H]1O[C@@H]1OC(CO)[C@H](O)C(N)C1O. The molecule has 1 saturated carbocycles. The van der Waals surface area contributed by atoms with Gasteiger partial charge < -0.3 is 88.1 Å². The first-order valence-corrected chi connectivity index (χ1v) is 13.1. The number of rotatable bonds is 10. The highest BCUT2D eigenvalue weighted by molar-refractivity contribution is 5.80. The van der Waals surface area contributed by atoms with Gasteiger partial charge in [0.15, 0.2) is 12.6 Å². The van der Waals surface area contributed by atoms with Gasteiger partial charge in [0, 0.05) is 12.6 Å². The van der Waals surface area contributed by atoms with Crippen molar-refractivity contribution in [3.63, 3.8) is 0 Å². The number of carbonyl (C=O) groups is 1. The average molecular weight is 586 g/mol. The summed E-state index contributed by atoms with van der Waals surface area (Å²) in [4.78, 5) is 12.6. The van der Waals surface area contributed by atoms with Crippen LogP contribution in [-0.2, 0) is 23.7 Å². The molecule has 2 heterocycles. The van der Waals surface area contributed by atoms with Crippen LogP contribution in [-0.4, -0.2) is 164 Å². The van der Waals surface area contributed by atoms with Crippen LogP contribution in [0.15, 0.2) is 0 Å². The lowest BCUT2D eigenvalue weighted by Gasteiger charge is -2.49. The van der Waals surface area contributed by atoms with Gasteiger partial charge in [-0.15, -0.1) is 0 Å². The van der Waals surface area contributed by atoms with E-state index in [2.05, 4.69) is 5.32 Å². The van der Waals surface area contributed by atoms with Gasteiger partial charge in [-0.05, 0) is 19.4 Å². The molecule has 0 aromatic rings. The molecule has 18 nitrogen and oxygen atoms in total. The van der Waals surface area contributed by atoms with Crippen LogP contribution >= 0.6 is 0 Å². The Balaban J connectivity index is 1.85. The topological polar surface area (TPSA) is 332 Å². The Morgan fingerprint density at radius 2 is 1.45 bits per heavy atom. The number of aliphatic hydroxyl groups excluding tert-OH is 8. The Morgan fingerprint density at radius 1 is 0.850 bits per heavy atom. The number of nitrogens with one attached hydrogen (secondary N) is 1. The highest BCUT2D eigenvalue weighted by Crippen LogP contribution is 2.32. The molecule has 0 aromatic carbocycles. The van der Waals surface area contributed by atoms with E-state index in [4.69, 9.17) is 41.9 Å². The summed E-state index contributed by atoms with van der Waals surface area (Å²) in [6, 6.07) is -3.45. The molecule has 17 N–H and O–H groups in total. The highest BCUT2D eigenvalue weighted by atomic mass is 16.7. The van der Waals surface area contributed by atoms with Crippen LogP contribution in [0, 0.1) is 0 Å². The molecule has 16 atom stereocenters. The van der Waals surface area contributed by atoms with E-state index >= 15 is 0 Å². The second-order valence-electron chi connectivity index (χ2n) is 10.3. The van der Waals surface area contributed by atoms with Crippen LogP contribution in [0.25, 0.3) is 0 Å². The fraction of sp³-hybridized carbons (Fsp3) is 0.955. The Hall–Kier alpha value is -1.17. The second-order valence-corrected chi connectivity index (χ2v) is 10.3. The molecule has 9 unspecified atom stereocenters. The van der Waals surface area contributed by atoms with Crippen molar-refractivity contribution in [2.45, 2.75) is 111 Å². The molecular formula is C22H43N5O13. The molecule has 1 aliphatic carbocycles. The molecule has 40 heavy (non-hydrogen) atoms. The fourth-order valence-electron chi connectivity index (χ4n) is 5.07. The first kappa shape index (κ1) is 33.3. The molecule has 3 rings (SSSR count). The lowest BCUT2D eigenvalue weighted by Crippen LogP contribution is -2.69. The number of nitrogens with two attached hydrogens (primary N) is 4. The van der Waals surface area contributed by atoms with Crippen molar-refractivity contribution in [2.75, 3.05) is 19.7 Å². The Bertz CT molecular complexity index is 815. The summed E-state index contributed by atoms with van der Waals surface area (Å²) in [6.45, 7) is -0.898. The standard InChI is InChI=1S/C22H43N5O13/c23-2-1-8(29)20(36)27-7-3-6(25)18(39-22-16(34)15(33)13(31)9(4-24)37-22)17(35)19(7)40-21-14(32)11(26)12(30)10(5-28)38-21/h6-19,21-22,28-35H,1-5,23-26H2,(H,27,36)/t6-,7?,8+,9?,10?,11?,12-,13-,14?,15?,16?,17?,18?,19+,21-,22-/m0/s1. The van der Waals surface area contributed by atoms with E-state index in [1.807, 2.05) is 0 Å². The molecule has 234 valence electrons. The molecule has 0 radical (unpaired) electrons. The number of hydrogen-bond donors (Lipinski definition) is 13. The lowest BCUT2D eigenvalue weighted by atomic mass is 9.83. The smallest absolute Gasteiger partial charge is 0.249 e. The van der Waals surface area contributed by atoms with Gasteiger partial charge in [0.2, 0.25) is 5.91 Å². The Kier molecular flexibility index (Phi) is 11.9. The van der Waals surface area contributed by atoms with E-state index in [1.54, 1.807) is 0 Å². The zero-order valence-corrected chi connectivity index (χ0v) is 21.7. The van der Waals surface area contributed by atoms with Crippen LogP contribution in [0.4, 0.5) is 0 Å². The molecule has 0 bridgehead atoms. The number of carbonyl (C=O) groups excluding carboxylic acids is 1. The molecule has 2 saturated heterocycles. The maximum absolute atomic E-state index is 12.6. The summed E-state index contributed by atoms with van der Waals surface area (Å²) in [5.41, 5.74) is 23.1. The van der Waals surface area contributed by atoms with Crippen LogP contribution in [0.2, 0.25) is 0 Å². The van der Waals surface area contributed by atoms with Crippen LogP contribution < -0.4 is 28.3 Å². The minimum atomic E-state index is -1.76. The molecule has 2 aliphatic heterocycles. The number of ether oxygens (including phenoxy) is 4. The summed E-state index contributed by atoms with van der Waals surface area (Å²) in [5, 5.41) is 84.9. The van der Waals surface area contributed by atoms with Crippen molar-refractivity contribution in [1.29, 1.82) is 0 Å². The van der Waals surface area contributed by atoms with E-state index in [0.717, 1.165) is 0 Å². The van der Waals surface area contributed by atoms with Gasteiger partial charge in [0.05, 0.1) is 18.7 Å². The lowest BCUT2D eigenvalue weighted by molar-refractivity contribution is -0.332. The van der Waals surface area contributed by atoms with Gasteiger partial charge in [-0.3, -0.25) is 4.79 Å². The monoisotopic (exact) mass is 585 g/mol. The maximum Gasteiger partial charge on any atom is 0.249 e. The molecule has 3 fully saturated rings. The zero-order chi connectivity index (χ0) is 29.9. The average Bonchev–Trinajstić information content (AvgIpc) is 2.92. The van der Waals surface area contributed by atoms with Gasteiger partial charge in [-0.25, -0.2) is 0 Å². The highest BCUT2D eigenvalue weighted by Gasteiger charge is 2.52. The molecule has 18 heteroatoms. The molecular weight excluding hydrogens is 542 g/mol. The summed E-state index contributed by atoms with van der Waals surface area (Å²) in [7, 11) is 0. The van der Waals surface area contributed by atoms with Gasteiger partial charge in [0.1, 0.15) is 67.1 Å². The predicted molar refractivity (Wildman–Crippen MR) is 131 cm³/mol. The third-order valence-corrected chi connectivity index (χ3v) is 7.51. The van der Waals surface area contributed by atoms with E-state index in [0.29, 0.717) is 0 Å².